The van der Waals surface area contributed by atoms with E-state index in [1.165, 1.54) is 14.0 Å². The zero-order valence-corrected chi connectivity index (χ0v) is 13.9. The minimum Gasteiger partial charge on any atom is -0.497 e. The van der Waals surface area contributed by atoms with Crippen LogP contribution in [0.2, 0.25) is 0 Å². The molecule has 0 aliphatic carbocycles. The van der Waals surface area contributed by atoms with Crippen LogP contribution < -0.4 is 14.8 Å². The number of hydrogen-bond donors (Lipinski definition) is 2. The van der Waals surface area contributed by atoms with Crippen LogP contribution in [0, 0.1) is 5.82 Å². The van der Waals surface area contributed by atoms with Crippen molar-refractivity contribution in [3.63, 3.8) is 0 Å². The van der Waals surface area contributed by atoms with Crippen molar-refractivity contribution < 1.29 is 22.3 Å². The fourth-order valence-corrected chi connectivity index (χ4v) is 3.10. The highest BCUT2D eigenvalue weighted by atomic mass is 32.2. The minimum absolute atomic E-state index is 0.118. The van der Waals surface area contributed by atoms with E-state index in [9.17, 15) is 17.6 Å². The van der Waals surface area contributed by atoms with Crippen LogP contribution in [0.3, 0.4) is 0 Å². The maximum atomic E-state index is 12.9. The zero-order valence-electron chi connectivity index (χ0n) is 13.1. The van der Waals surface area contributed by atoms with Crippen molar-refractivity contribution in [2.24, 2.45) is 0 Å². The normalized spacial score (nSPS) is 12.5. The van der Waals surface area contributed by atoms with E-state index in [0.29, 0.717) is 11.4 Å². The molecule has 2 N–H and O–H groups in total. The quantitative estimate of drug-likeness (QED) is 0.834. The number of halogens is 1. The van der Waals surface area contributed by atoms with Gasteiger partial charge in [-0.1, -0.05) is 0 Å². The second-order valence-corrected chi connectivity index (χ2v) is 6.73. The molecule has 0 bridgehead atoms. The summed E-state index contributed by atoms with van der Waals surface area (Å²) in [5.74, 6) is -0.428. The molecule has 2 aromatic carbocycles. The third-order valence-electron chi connectivity index (χ3n) is 3.21. The molecule has 0 saturated carbocycles. The molecule has 0 radical (unpaired) electrons. The Morgan fingerprint density at radius 1 is 1.08 bits per heavy atom. The van der Waals surface area contributed by atoms with Crippen molar-refractivity contribution in [1.82, 2.24) is 4.72 Å². The Bertz CT molecular complexity index is 805. The Balaban J connectivity index is 2.03. The minimum atomic E-state index is -3.92. The molecule has 0 fully saturated rings. The summed E-state index contributed by atoms with van der Waals surface area (Å²) in [4.78, 5) is 12.0. The van der Waals surface area contributed by atoms with Gasteiger partial charge in [-0.3, -0.25) is 4.79 Å². The van der Waals surface area contributed by atoms with E-state index in [2.05, 4.69) is 10.0 Å². The largest absolute Gasteiger partial charge is 0.497 e. The first-order valence-electron chi connectivity index (χ1n) is 7.04. The van der Waals surface area contributed by atoms with Crippen LogP contribution in [0.25, 0.3) is 0 Å². The molecule has 2 rings (SSSR count). The highest BCUT2D eigenvalue weighted by Gasteiger charge is 2.22. The van der Waals surface area contributed by atoms with E-state index in [-0.39, 0.29) is 4.90 Å². The van der Waals surface area contributed by atoms with Crippen LogP contribution in [0.5, 0.6) is 5.75 Å². The molecular formula is C16H17FN2O4S. The number of carbonyl (C=O) groups is 1. The average Bonchev–Trinajstić information content (AvgIpc) is 2.55. The first-order valence-corrected chi connectivity index (χ1v) is 8.53. The Kier molecular flexibility index (Phi) is 5.53. The van der Waals surface area contributed by atoms with Gasteiger partial charge in [0.05, 0.1) is 18.0 Å². The molecule has 1 amide bonds. The van der Waals surface area contributed by atoms with Crippen molar-refractivity contribution in [1.29, 1.82) is 0 Å². The van der Waals surface area contributed by atoms with Gasteiger partial charge in [0.25, 0.3) is 0 Å². The second-order valence-electron chi connectivity index (χ2n) is 5.01. The molecule has 0 aliphatic heterocycles. The molecule has 1 unspecified atom stereocenters. The number of rotatable bonds is 6. The maximum Gasteiger partial charge on any atom is 0.242 e. The smallest absolute Gasteiger partial charge is 0.242 e. The molecule has 6 nitrogen and oxygen atoms in total. The molecule has 2 aromatic rings. The van der Waals surface area contributed by atoms with Gasteiger partial charge in [0.15, 0.2) is 0 Å². The molecule has 24 heavy (non-hydrogen) atoms. The fourth-order valence-electron chi connectivity index (χ4n) is 1.89. The van der Waals surface area contributed by atoms with E-state index >= 15 is 0 Å². The van der Waals surface area contributed by atoms with Gasteiger partial charge in [-0.2, -0.15) is 4.72 Å². The molecule has 0 saturated heterocycles. The molecule has 128 valence electrons. The molecule has 1 atom stereocenters. The SMILES string of the molecule is COc1ccc(NC(=O)C(C)NS(=O)(=O)c2ccc(F)cc2)cc1. The zero-order chi connectivity index (χ0) is 17.7. The molecule has 0 heterocycles. The summed E-state index contributed by atoms with van der Waals surface area (Å²) in [7, 11) is -2.39. The summed E-state index contributed by atoms with van der Waals surface area (Å²) in [6.07, 6.45) is 0. The Morgan fingerprint density at radius 3 is 2.21 bits per heavy atom. The standard InChI is InChI=1S/C16H17FN2O4S/c1-11(16(20)18-13-5-7-14(23-2)8-6-13)19-24(21,22)15-9-3-12(17)4-10-15/h3-11,19H,1-2H3,(H,18,20). The monoisotopic (exact) mass is 352 g/mol. The van der Waals surface area contributed by atoms with Crippen LogP contribution in [0.1, 0.15) is 6.92 Å². The Morgan fingerprint density at radius 2 is 1.67 bits per heavy atom. The van der Waals surface area contributed by atoms with Crippen molar-refractivity contribution in [3.05, 3.63) is 54.3 Å². The molecule has 0 aliphatic rings. The van der Waals surface area contributed by atoms with Gasteiger partial charge in [-0.15, -0.1) is 0 Å². The van der Waals surface area contributed by atoms with Gasteiger partial charge >= 0.3 is 0 Å². The van der Waals surface area contributed by atoms with Crippen molar-refractivity contribution in [3.8, 4) is 5.75 Å². The summed E-state index contributed by atoms with van der Waals surface area (Å²) in [6.45, 7) is 1.42. The van der Waals surface area contributed by atoms with Crippen LogP contribution in [0.4, 0.5) is 10.1 Å². The van der Waals surface area contributed by atoms with Gasteiger partial charge in [-0.05, 0) is 55.5 Å². The first-order chi connectivity index (χ1) is 11.3. The number of hydrogen-bond acceptors (Lipinski definition) is 4. The lowest BCUT2D eigenvalue weighted by molar-refractivity contribution is -0.117. The number of carbonyl (C=O) groups excluding carboxylic acids is 1. The number of anilines is 1. The number of methoxy groups -OCH3 is 1. The van der Waals surface area contributed by atoms with Crippen LogP contribution >= 0.6 is 0 Å². The first kappa shape index (κ1) is 17.9. The van der Waals surface area contributed by atoms with E-state index < -0.39 is 27.8 Å². The van der Waals surface area contributed by atoms with Crippen LogP contribution in [-0.2, 0) is 14.8 Å². The van der Waals surface area contributed by atoms with Crippen molar-refractivity contribution >= 4 is 21.6 Å². The predicted molar refractivity (Wildman–Crippen MR) is 87.8 cm³/mol. The highest BCUT2D eigenvalue weighted by molar-refractivity contribution is 7.89. The number of amides is 1. The third kappa shape index (κ3) is 4.53. The van der Waals surface area contributed by atoms with Crippen LogP contribution in [0.15, 0.2) is 53.4 Å². The van der Waals surface area contributed by atoms with E-state index in [1.54, 1.807) is 24.3 Å². The van der Waals surface area contributed by atoms with E-state index in [0.717, 1.165) is 24.3 Å². The maximum absolute atomic E-state index is 12.9. The van der Waals surface area contributed by atoms with Gasteiger partial charge in [0, 0.05) is 5.69 Å². The highest BCUT2D eigenvalue weighted by Crippen LogP contribution is 2.15. The number of sulfonamides is 1. The van der Waals surface area contributed by atoms with E-state index in [4.69, 9.17) is 4.74 Å². The van der Waals surface area contributed by atoms with Crippen molar-refractivity contribution in [2.75, 3.05) is 12.4 Å². The number of nitrogens with one attached hydrogen (secondary N) is 2. The van der Waals surface area contributed by atoms with E-state index in [1.807, 2.05) is 0 Å². The lowest BCUT2D eigenvalue weighted by atomic mass is 10.2. The van der Waals surface area contributed by atoms with Crippen LogP contribution in [-0.4, -0.2) is 27.5 Å². The molecule has 0 aromatic heterocycles. The summed E-state index contributed by atoms with van der Waals surface area (Å²) < 4.78 is 44.5. The summed E-state index contributed by atoms with van der Waals surface area (Å²) >= 11 is 0. The third-order valence-corrected chi connectivity index (χ3v) is 4.76. The number of benzene rings is 2. The Hall–Kier alpha value is -2.45. The average molecular weight is 352 g/mol. The predicted octanol–water partition coefficient (Wildman–Crippen LogP) is 2.14. The Labute approximate surface area is 139 Å². The lowest BCUT2D eigenvalue weighted by Gasteiger charge is -2.14. The molecular weight excluding hydrogens is 335 g/mol. The topological polar surface area (TPSA) is 84.5 Å². The summed E-state index contributed by atoms with van der Waals surface area (Å²) in [6, 6.07) is 9.94. The van der Waals surface area contributed by atoms with Gasteiger partial charge in [0.2, 0.25) is 15.9 Å². The van der Waals surface area contributed by atoms with Crippen molar-refractivity contribution in [2.45, 2.75) is 17.9 Å². The molecule has 0 spiro atoms. The second kappa shape index (κ2) is 7.41. The van der Waals surface area contributed by atoms with Gasteiger partial charge < -0.3 is 10.1 Å². The van der Waals surface area contributed by atoms with Gasteiger partial charge in [-0.25, -0.2) is 12.8 Å². The number of ether oxygens (including phenoxy) is 1. The van der Waals surface area contributed by atoms with Gasteiger partial charge in [0.1, 0.15) is 11.6 Å². The summed E-state index contributed by atoms with van der Waals surface area (Å²) in [5.41, 5.74) is 0.508. The lowest BCUT2D eigenvalue weighted by Crippen LogP contribution is -2.41. The summed E-state index contributed by atoms with van der Waals surface area (Å²) in [5, 5.41) is 2.59. The fraction of sp³-hybridized carbons (Fsp3) is 0.188. The molecule has 8 heteroatoms.